The van der Waals surface area contributed by atoms with Crippen LogP contribution < -0.4 is 10.6 Å². The standard InChI is InChI=1S/C17H16ClF3N2O3S/c1-27-8-6-13(23-16(25)14-3-2-7-26-14)15(24)22-10-4-5-12(18)11(9-10)17(19,20)21/h2-5,7,9,13H,6,8H2,1H3,(H,22,24)(H,23,25)/t13-/m0/s1. The number of alkyl halides is 3. The molecule has 0 fully saturated rings. The average Bonchev–Trinajstić information content (AvgIpc) is 3.13. The molecular formula is C17H16ClF3N2O3S. The maximum absolute atomic E-state index is 13.0. The first-order valence-corrected chi connectivity index (χ1v) is 9.50. The molecule has 2 N–H and O–H groups in total. The Hall–Kier alpha value is -2.13. The molecule has 0 aliphatic heterocycles. The molecule has 1 atom stereocenters. The lowest BCUT2D eigenvalue weighted by Crippen LogP contribution is -2.44. The second-order valence-corrected chi connectivity index (χ2v) is 6.86. The minimum Gasteiger partial charge on any atom is -0.459 e. The summed E-state index contributed by atoms with van der Waals surface area (Å²) in [5.41, 5.74) is -1.12. The van der Waals surface area contributed by atoms with Gasteiger partial charge in [0.25, 0.3) is 5.91 Å². The van der Waals surface area contributed by atoms with Crippen LogP contribution in [-0.4, -0.2) is 29.9 Å². The second-order valence-electron chi connectivity index (χ2n) is 5.47. The predicted octanol–water partition coefficient (Wildman–Crippen LogP) is 4.44. The Labute approximate surface area is 162 Å². The highest BCUT2D eigenvalue weighted by Gasteiger charge is 2.33. The number of carbonyl (C=O) groups is 2. The number of nitrogens with one attached hydrogen (secondary N) is 2. The van der Waals surface area contributed by atoms with Gasteiger partial charge in [-0.05, 0) is 48.8 Å². The predicted molar refractivity (Wildman–Crippen MR) is 98.0 cm³/mol. The van der Waals surface area contributed by atoms with E-state index >= 15 is 0 Å². The summed E-state index contributed by atoms with van der Waals surface area (Å²) in [6.07, 6.45) is -1.21. The summed E-state index contributed by atoms with van der Waals surface area (Å²) in [4.78, 5) is 24.6. The van der Waals surface area contributed by atoms with Crippen molar-refractivity contribution in [1.82, 2.24) is 5.32 Å². The maximum atomic E-state index is 13.0. The van der Waals surface area contributed by atoms with Gasteiger partial charge in [-0.2, -0.15) is 24.9 Å². The molecule has 146 valence electrons. The number of amides is 2. The van der Waals surface area contributed by atoms with E-state index in [1.54, 1.807) is 0 Å². The first kappa shape index (κ1) is 21.2. The summed E-state index contributed by atoms with van der Waals surface area (Å²) in [5.74, 6) is -0.638. The molecule has 0 bridgehead atoms. The maximum Gasteiger partial charge on any atom is 0.417 e. The number of hydrogen-bond acceptors (Lipinski definition) is 4. The summed E-state index contributed by atoms with van der Waals surface area (Å²) < 4.78 is 43.8. The molecule has 0 radical (unpaired) electrons. The van der Waals surface area contributed by atoms with Crippen LogP contribution in [0.4, 0.5) is 18.9 Å². The van der Waals surface area contributed by atoms with E-state index in [4.69, 9.17) is 16.0 Å². The van der Waals surface area contributed by atoms with Crippen LogP contribution in [0.15, 0.2) is 41.0 Å². The van der Waals surface area contributed by atoms with Gasteiger partial charge < -0.3 is 15.1 Å². The van der Waals surface area contributed by atoms with E-state index in [9.17, 15) is 22.8 Å². The molecule has 5 nitrogen and oxygen atoms in total. The fourth-order valence-corrected chi connectivity index (χ4v) is 2.89. The van der Waals surface area contributed by atoms with Crippen molar-refractivity contribution in [2.24, 2.45) is 0 Å². The minimum absolute atomic E-state index is 0.0304. The zero-order chi connectivity index (χ0) is 20.0. The third-order valence-electron chi connectivity index (χ3n) is 3.52. The van der Waals surface area contributed by atoms with Crippen molar-refractivity contribution < 1.29 is 27.2 Å². The smallest absolute Gasteiger partial charge is 0.417 e. The van der Waals surface area contributed by atoms with Crippen molar-refractivity contribution in [3.05, 3.63) is 52.9 Å². The number of halogens is 4. The molecule has 27 heavy (non-hydrogen) atoms. The molecular weight excluding hydrogens is 405 g/mol. The molecule has 1 aromatic heterocycles. The van der Waals surface area contributed by atoms with Crippen LogP contribution >= 0.6 is 23.4 Å². The molecule has 2 rings (SSSR count). The monoisotopic (exact) mass is 420 g/mol. The third-order valence-corrected chi connectivity index (χ3v) is 4.49. The number of hydrogen-bond donors (Lipinski definition) is 2. The van der Waals surface area contributed by atoms with Gasteiger partial charge in [-0.3, -0.25) is 9.59 Å². The highest BCUT2D eigenvalue weighted by Crippen LogP contribution is 2.36. The summed E-state index contributed by atoms with van der Waals surface area (Å²) in [6.45, 7) is 0. The quantitative estimate of drug-likeness (QED) is 0.694. The van der Waals surface area contributed by atoms with Crippen LogP contribution in [0, 0.1) is 0 Å². The fourth-order valence-electron chi connectivity index (χ4n) is 2.19. The van der Waals surface area contributed by atoms with Crippen LogP contribution in [0.25, 0.3) is 0 Å². The van der Waals surface area contributed by atoms with Gasteiger partial charge in [-0.25, -0.2) is 0 Å². The molecule has 2 amide bonds. The molecule has 0 saturated heterocycles. The summed E-state index contributed by atoms with van der Waals surface area (Å²) in [7, 11) is 0. The van der Waals surface area contributed by atoms with Gasteiger partial charge in [0, 0.05) is 5.69 Å². The molecule has 0 aliphatic carbocycles. The molecule has 2 aromatic rings. The van der Waals surface area contributed by atoms with Crippen molar-refractivity contribution in [1.29, 1.82) is 0 Å². The van der Waals surface area contributed by atoms with E-state index in [0.29, 0.717) is 12.2 Å². The number of carbonyl (C=O) groups excluding carboxylic acids is 2. The molecule has 1 aromatic carbocycles. The van der Waals surface area contributed by atoms with E-state index in [2.05, 4.69) is 10.6 Å². The van der Waals surface area contributed by atoms with E-state index in [1.807, 2.05) is 6.26 Å². The molecule has 0 spiro atoms. The van der Waals surface area contributed by atoms with Gasteiger partial charge in [-0.15, -0.1) is 0 Å². The highest BCUT2D eigenvalue weighted by atomic mass is 35.5. The number of rotatable bonds is 7. The van der Waals surface area contributed by atoms with Crippen molar-refractivity contribution >= 4 is 40.9 Å². The lowest BCUT2D eigenvalue weighted by Gasteiger charge is -2.18. The van der Waals surface area contributed by atoms with Gasteiger partial charge in [-0.1, -0.05) is 11.6 Å². The summed E-state index contributed by atoms with van der Waals surface area (Å²) >= 11 is 7.04. The Bertz CT molecular complexity index is 797. The van der Waals surface area contributed by atoms with Crippen LogP contribution in [0.2, 0.25) is 5.02 Å². The van der Waals surface area contributed by atoms with E-state index in [0.717, 1.165) is 12.1 Å². The van der Waals surface area contributed by atoms with Gasteiger partial charge in [0.05, 0.1) is 16.8 Å². The lowest BCUT2D eigenvalue weighted by atomic mass is 10.1. The molecule has 0 unspecified atom stereocenters. The summed E-state index contributed by atoms with van der Waals surface area (Å²) in [5, 5.41) is 4.45. The largest absolute Gasteiger partial charge is 0.459 e. The van der Waals surface area contributed by atoms with E-state index < -0.39 is 34.6 Å². The van der Waals surface area contributed by atoms with E-state index in [-0.39, 0.29) is 11.4 Å². The van der Waals surface area contributed by atoms with Crippen LogP contribution in [-0.2, 0) is 11.0 Å². The number of thioether (sulfide) groups is 1. The Morgan fingerprint density at radius 2 is 2.04 bits per heavy atom. The number of benzene rings is 1. The topological polar surface area (TPSA) is 71.3 Å². The normalized spacial score (nSPS) is 12.5. The molecule has 0 saturated carbocycles. The Morgan fingerprint density at radius 1 is 1.30 bits per heavy atom. The highest BCUT2D eigenvalue weighted by molar-refractivity contribution is 7.98. The zero-order valence-corrected chi connectivity index (χ0v) is 15.7. The average molecular weight is 421 g/mol. The molecule has 1 heterocycles. The van der Waals surface area contributed by atoms with Gasteiger partial charge in [0.2, 0.25) is 5.91 Å². The minimum atomic E-state index is -4.65. The second kappa shape index (κ2) is 9.18. The first-order chi connectivity index (χ1) is 12.7. The van der Waals surface area contributed by atoms with Gasteiger partial charge in [0.1, 0.15) is 6.04 Å². The zero-order valence-electron chi connectivity index (χ0n) is 14.1. The number of anilines is 1. The van der Waals surface area contributed by atoms with E-state index in [1.165, 1.54) is 36.2 Å². The SMILES string of the molecule is CSCC[C@H](NC(=O)c1ccco1)C(=O)Nc1ccc(Cl)c(C(F)(F)F)c1. The lowest BCUT2D eigenvalue weighted by molar-refractivity contribution is -0.137. The van der Waals surface area contributed by atoms with Crippen molar-refractivity contribution in [3.63, 3.8) is 0 Å². The van der Waals surface area contributed by atoms with Gasteiger partial charge >= 0.3 is 6.18 Å². The Balaban J connectivity index is 2.14. The molecule has 10 heteroatoms. The van der Waals surface area contributed by atoms with Crippen LogP contribution in [0.3, 0.4) is 0 Å². The fraction of sp³-hybridized carbons (Fsp3) is 0.294. The van der Waals surface area contributed by atoms with Crippen molar-refractivity contribution in [3.8, 4) is 0 Å². The van der Waals surface area contributed by atoms with Crippen LogP contribution in [0.5, 0.6) is 0 Å². The van der Waals surface area contributed by atoms with Crippen LogP contribution in [0.1, 0.15) is 22.5 Å². The first-order valence-electron chi connectivity index (χ1n) is 7.73. The Morgan fingerprint density at radius 3 is 2.63 bits per heavy atom. The van der Waals surface area contributed by atoms with Crippen molar-refractivity contribution in [2.45, 2.75) is 18.6 Å². The number of furan rings is 1. The summed E-state index contributed by atoms with van der Waals surface area (Å²) in [6, 6.07) is 5.08. The van der Waals surface area contributed by atoms with Gasteiger partial charge in [0.15, 0.2) is 5.76 Å². The molecule has 0 aliphatic rings. The Kier molecular flexibility index (Phi) is 7.20. The van der Waals surface area contributed by atoms with Crippen molar-refractivity contribution in [2.75, 3.05) is 17.3 Å². The third kappa shape index (κ3) is 5.93.